The highest BCUT2D eigenvalue weighted by molar-refractivity contribution is 9.11. The highest BCUT2D eigenvalue weighted by atomic mass is 79.9. The molecular formula is C96H65Br3N6S2. The zero-order valence-corrected chi connectivity index (χ0v) is 64.0. The summed E-state index contributed by atoms with van der Waals surface area (Å²) in [5.74, 6) is 0. The average molecular weight is 1610 g/mol. The van der Waals surface area contributed by atoms with Crippen molar-refractivity contribution in [3.05, 3.63) is 402 Å². The zero-order chi connectivity index (χ0) is 71.7. The van der Waals surface area contributed by atoms with E-state index in [1.165, 1.54) is 84.1 Å². The molecule has 20 rings (SSSR count). The molecule has 0 aliphatic rings. The fourth-order valence-corrected chi connectivity index (χ4v) is 18.7. The van der Waals surface area contributed by atoms with Crippen LogP contribution in [0.2, 0.25) is 0 Å². The zero-order valence-electron chi connectivity index (χ0n) is 57.6. The van der Waals surface area contributed by atoms with E-state index in [0.717, 1.165) is 87.2 Å². The molecule has 0 radical (unpaired) electrons. The molecule has 0 unspecified atom stereocenters. The van der Waals surface area contributed by atoms with Crippen LogP contribution in [0.1, 0.15) is 0 Å². The molecule has 0 bridgehead atoms. The Kier molecular flexibility index (Phi) is 18.6. The number of thiophene rings is 2. The van der Waals surface area contributed by atoms with Crippen molar-refractivity contribution in [2.75, 3.05) is 20.0 Å². The fraction of sp³-hybridized carbons (Fsp3) is 0. The molecule has 0 saturated heterocycles. The first-order chi connectivity index (χ1) is 52.8. The summed E-state index contributed by atoms with van der Waals surface area (Å²) in [6, 6.07) is 138. The van der Waals surface area contributed by atoms with Gasteiger partial charge in [0.05, 0.1) is 22.1 Å². The minimum absolute atomic E-state index is 0.994. The van der Waals surface area contributed by atoms with E-state index in [0.29, 0.717) is 0 Å². The van der Waals surface area contributed by atoms with Crippen LogP contribution in [0.3, 0.4) is 0 Å². The van der Waals surface area contributed by atoms with Gasteiger partial charge in [0.25, 0.3) is 0 Å². The Morgan fingerprint density at radius 3 is 0.991 bits per heavy atom. The molecule has 0 spiro atoms. The Bertz CT molecular complexity index is 6580. The van der Waals surface area contributed by atoms with Crippen LogP contribution in [0, 0.1) is 0 Å². The van der Waals surface area contributed by atoms with Gasteiger partial charge in [-0.15, -0.1) is 22.7 Å². The van der Waals surface area contributed by atoms with E-state index in [1.54, 1.807) is 0 Å². The summed E-state index contributed by atoms with van der Waals surface area (Å²) in [6.07, 6.45) is 0. The first kappa shape index (κ1) is 67.1. The van der Waals surface area contributed by atoms with Crippen LogP contribution < -0.4 is 20.0 Å². The van der Waals surface area contributed by atoms with Crippen molar-refractivity contribution >= 4 is 217 Å². The van der Waals surface area contributed by atoms with Crippen molar-refractivity contribution in [3.63, 3.8) is 0 Å². The molecule has 0 saturated carbocycles. The van der Waals surface area contributed by atoms with Gasteiger partial charge >= 0.3 is 0 Å². The summed E-state index contributed by atoms with van der Waals surface area (Å²) in [4.78, 5) is 7.01. The monoisotopic (exact) mass is 1600 g/mol. The van der Waals surface area contributed by atoms with Crippen molar-refractivity contribution in [2.45, 2.75) is 0 Å². The van der Waals surface area contributed by atoms with Gasteiger partial charge in [0, 0.05) is 149 Å². The van der Waals surface area contributed by atoms with E-state index < -0.39 is 0 Å². The van der Waals surface area contributed by atoms with Gasteiger partial charge in [-0.25, -0.2) is 0 Å². The van der Waals surface area contributed by atoms with Gasteiger partial charge in [-0.2, -0.15) is 0 Å². The molecule has 20 aromatic rings. The maximum absolute atomic E-state index is 3.96. The van der Waals surface area contributed by atoms with Gasteiger partial charge < -0.3 is 29.2 Å². The van der Waals surface area contributed by atoms with Gasteiger partial charge in [0.15, 0.2) is 0 Å². The lowest BCUT2D eigenvalue weighted by molar-refractivity contribution is 1.18. The molecular weight excluding hydrogens is 1540 g/mol. The number of benzene rings is 16. The van der Waals surface area contributed by atoms with Crippen LogP contribution in [0.25, 0.3) is 95.3 Å². The molecule has 0 amide bonds. The first-order valence-corrected chi connectivity index (χ1v) is 39.4. The van der Waals surface area contributed by atoms with Crippen molar-refractivity contribution in [1.29, 1.82) is 0 Å². The molecule has 11 heteroatoms. The number of nitrogens with one attached hydrogen (secondary N) is 1. The number of fused-ring (bicyclic) bond motifs is 12. The SMILES string of the molecule is Brc1cc(Br)cc(N(c2ccccc2)c2ccc3sc4ccccc4c3c2)c1.Brc1cc(N(c2ccccc2)c2ccc3sc4ccccc4c3c2)cc(N(c2ccccc2)c2ccc3c4ccccc4n(-c4ccccc4)c3c2)c1.c1ccc(Nc2ccc3c4ccccc4n(-c4ccccc4)c3c2)cc1. The Morgan fingerprint density at radius 2 is 0.533 bits per heavy atom. The van der Waals surface area contributed by atoms with Gasteiger partial charge in [0.2, 0.25) is 0 Å². The van der Waals surface area contributed by atoms with Crippen molar-refractivity contribution < 1.29 is 0 Å². The number of rotatable bonds is 13. The predicted molar refractivity (Wildman–Crippen MR) is 471 cm³/mol. The maximum atomic E-state index is 3.96. The smallest absolute Gasteiger partial charge is 0.0561 e. The number of anilines is 11. The number of para-hydroxylation sites is 8. The van der Waals surface area contributed by atoms with Crippen LogP contribution in [0.4, 0.5) is 62.6 Å². The minimum Gasteiger partial charge on any atom is -0.355 e. The first-order valence-electron chi connectivity index (χ1n) is 35.4. The van der Waals surface area contributed by atoms with Gasteiger partial charge in [0.1, 0.15) is 0 Å². The van der Waals surface area contributed by atoms with Gasteiger partial charge in [-0.05, 0) is 194 Å². The van der Waals surface area contributed by atoms with E-state index in [4.69, 9.17) is 0 Å². The number of aromatic nitrogens is 2. The van der Waals surface area contributed by atoms with Crippen LogP contribution in [0.15, 0.2) is 402 Å². The van der Waals surface area contributed by atoms with E-state index in [2.05, 4.69) is 441 Å². The van der Waals surface area contributed by atoms with Gasteiger partial charge in [-0.1, -0.05) is 242 Å². The highest BCUT2D eigenvalue weighted by Gasteiger charge is 2.23. The standard InChI is InChI=1S/C48H32BrN3S.C24H15Br2NS.C24H18N2/c49-33-28-39(50(34-14-4-1-5-15-34)37-25-27-48-44(31-37)43-21-11-13-23-47(43)53-48)30-40(29-33)51(35-16-6-2-7-17-35)38-24-26-42-41-20-10-12-22-45(41)52(46(42)32-38)36-18-8-3-9-19-36;25-16-12-17(26)14-20(13-16)27(18-6-2-1-3-7-18)19-10-11-24-22(15-19)21-8-4-5-9-23(21)28-24;1-3-9-18(10-4-1)25-19-15-16-22-21-13-7-8-14-23(21)26(24(22)17-19)20-11-5-2-6-12-20/h1-32H;1-15H;1-17,25H. The molecule has 0 fully saturated rings. The minimum atomic E-state index is 0.994. The number of nitrogens with zero attached hydrogens (tertiary/aromatic N) is 5. The van der Waals surface area contributed by atoms with Crippen LogP contribution >= 0.6 is 70.5 Å². The second-order valence-electron chi connectivity index (χ2n) is 26.2. The Hall–Kier alpha value is -11.8. The third kappa shape index (κ3) is 13.4. The van der Waals surface area contributed by atoms with Crippen molar-refractivity contribution in [3.8, 4) is 11.4 Å². The van der Waals surface area contributed by atoms with Gasteiger partial charge in [-0.3, -0.25) is 0 Å². The summed E-state index contributed by atoms with van der Waals surface area (Å²) in [6.45, 7) is 0. The second kappa shape index (κ2) is 29.6. The fourth-order valence-electron chi connectivity index (χ4n) is 14.8. The summed E-state index contributed by atoms with van der Waals surface area (Å²) in [5.41, 5.74) is 19.1. The van der Waals surface area contributed by atoms with Crippen molar-refractivity contribution in [1.82, 2.24) is 9.13 Å². The Balaban J connectivity index is 0.000000126. The van der Waals surface area contributed by atoms with Crippen molar-refractivity contribution in [2.24, 2.45) is 0 Å². The lowest BCUT2D eigenvalue weighted by Gasteiger charge is -2.30. The Labute approximate surface area is 653 Å². The van der Waals surface area contributed by atoms with E-state index in [9.17, 15) is 0 Å². The Morgan fingerprint density at radius 1 is 0.206 bits per heavy atom. The summed E-state index contributed by atoms with van der Waals surface area (Å²) >= 11 is 14.9. The van der Waals surface area contributed by atoms with Crippen LogP contribution in [-0.4, -0.2) is 9.13 Å². The van der Waals surface area contributed by atoms with E-state index in [1.807, 2.05) is 46.9 Å². The molecule has 107 heavy (non-hydrogen) atoms. The van der Waals surface area contributed by atoms with E-state index >= 15 is 0 Å². The molecule has 16 aromatic carbocycles. The summed E-state index contributed by atoms with van der Waals surface area (Å²) in [7, 11) is 0. The molecule has 4 heterocycles. The average Bonchev–Trinajstić information content (AvgIpc) is 1.67. The largest absolute Gasteiger partial charge is 0.355 e. The quantitative estimate of drug-likeness (QED) is 0.125. The topological polar surface area (TPSA) is 31.6 Å². The molecule has 512 valence electrons. The lowest BCUT2D eigenvalue weighted by Crippen LogP contribution is -2.13. The molecule has 4 aromatic heterocycles. The van der Waals surface area contributed by atoms with E-state index in [-0.39, 0.29) is 0 Å². The third-order valence-corrected chi connectivity index (χ3v) is 23.1. The molecule has 6 nitrogen and oxygen atoms in total. The summed E-state index contributed by atoms with van der Waals surface area (Å²) in [5, 5.41) is 13.7. The normalized spacial score (nSPS) is 11.3. The number of hydrogen-bond acceptors (Lipinski definition) is 6. The molecule has 0 aliphatic carbocycles. The molecule has 1 N–H and O–H groups in total. The van der Waals surface area contributed by atoms with Crippen LogP contribution in [-0.2, 0) is 0 Å². The van der Waals surface area contributed by atoms with Crippen LogP contribution in [0.5, 0.6) is 0 Å². The number of halogens is 3. The molecule has 0 atom stereocenters. The second-order valence-corrected chi connectivity index (χ2v) is 31.1. The number of hydrogen-bond donors (Lipinski definition) is 1. The highest BCUT2D eigenvalue weighted by Crippen LogP contribution is 2.47. The predicted octanol–water partition coefficient (Wildman–Crippen LogP) is 30.4. The lowest BCUT2D eigenvalue weighted by atomic mass is 10.1. The molecule has 0 aliphatic heterocycles. The third-order valence-electron chi connectivity index (χ3n) is 19.4. The maximum Gasteiger partial charge on any atom is 0.0561 e. The summed E-state index contributed by atoms with van der Waals surface area (Å²) < 4.78 is 13.0.